The highest BCUT2D eigenvalue weighted by Crippen LogP contribution is 2.33. The maximum atomic E-state index is 13.1. The SMILES string of the molecule is Cc1cc(N2CCC(C(=O)N3Cc4nc(C)c(Cl)c(C)c4C3)C2)cnn1. The molecule has 1 fully saturated rings. The summed E-state index contributed by atoms with van der Waals surface area (Å²) in [4.78, 5) is 21.8. The summed E-state index contributed by atoms with van der Waals surface area (Å²) in [5.41, 5.74) is 5.92. The summed E-state index contributed by atoms with van der Waals surface area (Å²) in [6.07, 6.45) is 2.63. The van der Waals surface area contributed by atoms with Crippen LogP contribution in [0.1, 0.15) is 34.6 Å². The molecule has 26 heavy (non-hydrogen) atoms. The molecule has 4 heterocycles. The van der Waals surface area contributed by atoms with Gasteiger partial charge in [-0.1, -0.05) is 11.6 Å². The Morgan fingerprint density at radius 2 is 2.08 bits per heavy atom. The number of carbonyl (C=O) groups excluding carboxylic acids is 1. The van der Waals surface area contributed by atoms with Gasteiger partial charge in [0.05, 0.1) is 46.5 Å². The van der Waals surface area contributed by atoms with E-state index in [1.165, 1.54) is 0 Å². The van der Waals surface area contributed by atoms with Gasteiger partial charge in [0.1, 0.15) is 0 Å². The Morgan fingerprint density at radius 1 is 1.27 bits per heavy atom. The molecule has 136 valence electrons. The second-order valence-corrected chi connectivity index (χ2v) is 7.62. The highest BCUT2D eigenvalue weighted by Gasteiger charge is 2.35. The highest BCUT2D eigenvalue weighted by atomic mass is 35.5. The molecule has 2 aromatic heterocycles. The number of hydrogen-bond donors (Lipinski definition) is 0. The van der Waals surface area contributed by atoms with Crippen molar-refractivity contribution >= 4 is 23.2 Å². The van der Waals surface area contributed by atoms with Crippen LogP contribution in [0.5, 0.6) is 0 Å². The Labute approximate surface area is 158 Å². The largest absolute Gasteiger partial charge is 0.369 e. The highest BCUT2D eigenvalue weighted by molar-refractivity contribution is 6.32. The molecule has 0 aromatic carbocycles. The van der Waals surface area contributed by atoms with Gasteiger partial charge in [-0.2, -0.15) is 10.2 Å². The quantitative estimate of drug-likeness (QED) is 0.812. The zero-order chi connectivity index (χ0) is 18.4. The number of nitrogens with zero attached hydrogens (tertiary/aromatic N) is 5. The zero-order valence-corrected chi connectivity index (χ0v) is 16.0. The van der Waals surface area contributed by atoms with Crippen molar-refractivity contribution in [2.75, 3.05) is 18.0 Å². The molecule has 2 aliphatic heterocycles. The normalized spacial score (nSPS) is 19.2. The molecule has 0 spiro atoms. The summed E-state index contributed by atoms with van der Waals surface area (Å²) in [7, 11) is 0. The fourth-order valence-corrected chi connectivity index (χ4v) is 4.11. The van der Waals surface area contributed by atoms with Crippen molar-refractivity contribution in [1.29, 1.82) is 0 Å². The fourth-order valence-electron chi connectivity index (χ4n) is 3.95. The lowest BCUT2D eigenvalue weighted by molar-refractivity contribution is -0.135. The fraction of sp³-hybridized carbons (Fsp3) is 0.474. The Morgan fingerprint density at radius 3 is 2.85 bits per heavy atom. The number of carbonyl (C=O) groups is 1. The Hall–Kier alpha value is -2.21. The average molecular weight is 372 g/mol. The van der Waals surface area contributed by atoms with Crippen LogP contribution in [0.2, 0.25) is 5.02 Å². The lowest BCUT2D eigenvalue weighted by Gasteiger charge is -2.21. The summed E-state index contributed by atoms with van der Waals surface area (Å²) >= 11 is 6.33. The van der Waals surface area contributed by atoms with E-state index in [1.807, 2.05) is 31.7 Å². The number of aromatic nitrogens is 3. The van der Waals surface area contributed by atoms with E-state index in [0.29, 0.717) is 18.1 Å². The number of aryl methyl sites for hydroxylation is 2. The molecule has 0 saturated carbocycles. The van der Waals surface area contributed by atoms with Crippen LogP contribution in [0.4, 0.5) is 5.69 Å². The predicted octanol–water partition coefficient (Wildman–Crippen LogP) is 2.82. The van der Waals surface area contributed by atoms with Gasteiger partial charge in [0, 0.05) is 19.6 Å². The molecule has 0 N–H and O–H groups in total. The molecule has 2 aromatic rings. The first-order valence-electron chi connectivity index (χ1n) is 8.91. The van der Waals surface area contributed by atoms with Gasteiger partial charge in [-0.15, -0.1) is 0 Å². The molecule has 0 bridgehead atoms. The van der Waals surface area contributed by atoms with Crippen molar-refractivity contribution in [2.45, 2.75) is 40.3 Å². The van der Waals surface area contributed by atoms with Crippen LogP contribution >= 0.6 is 11.6 Å². The van der Waals surface area contributed by atoms with Crippen LogP contribution in [0.3, 0.4) is 0 Å². The number of amides is 1. The predicted molar refractivity (Wildman–Crippen MR) is 100 cm³/mol. The van der Waals surface area contributed by atoms with Gasteiger partial charge in [-0.05, 0) is 44.4 Å². The van der Waals surface area contributed by atoms with Gasteiger partial charge in [0.2, 0.25) is 5.91 Å². The van der Waals surface area contributed by atoms with Crippen LogP contribution in [0.15, 0.2) is 12.3 Å². The summed E-state index contributed by atoms with van der Waals surface area (Å²) in [5.74, 6) is 0.215. The van der Waals surface area contributed by atoms with Gasteiger partial charge in [-0.25, -0.2) is 0 Å². The minimum atomic E-state index is 0.00894. The lowest BCUT2D eigenvalue weighted by atomic mass is 10.1. The molecule has 1 atom stereocenters. The molecular formula is C19H22ClN5O. The topological polar surface area (TPSA) is 62.2 Å². The van der Waals surface area contributed by atoms with Gasteiger partial charge in [0.15, 0.2) is 0 Å². The molecule has 6 nitrogen and oxygen atoms in total. The number of rotatable bonds is 2. The molecule has 1 unspecified atom stereocenters. The molecule has 1 amide bonds. The Balaban J connectivity index is 1.47. The number of anilines is 1. The van der Waals surface area contributed by atoms with E-state index in [9.17, 15) is 4.79 Å². The Bertz CT molecular complexity index is 884. The third-order valence-corrected chi connectivity index (χ3v) is 5.97. The second-order valence-electron chi connectivity index (χ2n) is 7.24. The van der Waals surface area contributed by atoms with Crippen molar-refractivity contribution in [3.8, 4) is 0 Å². The Kier molecular flexibility index (Phi) is 4.31. The standard InChI is InChI=1S/C19H22ClN5O/c1-11-6-15(7-21-23-11)24-5-4-14(8-24)19(26)25-9-16-12(2)18(20)13(3)22-17(16)10-25/h6-7,14H,4-5,8-10H2,1-3H3. The van der Waals surface area contributed by atoms with Gasteiger partial charge < -0.3 is 9.80 Å². The van der Waals surface area contributed by atoms with Crippen molar-refractivity contribution in [2.24, 2.45) is 5.92 Å². The van der Waals surface area contributed by atoms with E-state index in [4.69, 9.17) is 11.6 Å². The summed E-state index contributed by atoms with van der Waals surface area (Å²) in [5, 5.41) is 8.74. The van der Waals surface area contributed by atoms with E-state index in [-0.39, 0.29) is 11.8 Å². The molecule has 0 radical (unpaired) electrons. The van der Waals surface area contributed by atoms with Crippen LogP contribution in [-0.2, 0) is 17.9 Å². The van der Waals surface area contributed by atoms with Crippen LogP contribution in [0.25, 0.3) is 0 Å². The number of pyridine rings is 1. The average Bonchev–Trinajstić information content (AvgIpc) is 3.26. The van der Waals surface area contributed by atoms with Gasteiger partial charge in [-0.3, -0.25) is 9.78 Å². The second kappa shape index (κ2) is 6.50. The van der Waals surface area contributed by atoms with Gasteiger partial charge in [0.25, 0.3) is 0 Å². The minimum Gasteiger partial charge on any atom is -0.369 e. The third kappa shape index (κ3) is 2.92. The van der Waals surface area contributed by atoms with E-state index < -0.39 is 0 Å². The molecule has 2 aliphatic rings. The first-order valence-corrected chi connectivity index (χ1v) is 9.29. The monoisotopic (exact) mass is 371 g/mol. The van der Waals surface area contributed by atoms with E-state index in [1.54, 1.807) is 6.20 Å². The van der Waals surface area contributed by atoms with E-state index in [0.717, 1.165) is 53.4 Å². The van der Waals surface area contributed by atoms with Crippen LogP contribution in [0, 0.1) is 26.7 Å². The van der Waals surface area contributed by atoms with Crippen molar-refractivity contribution in [3.63, 3.8) is 0 Å². The van der Waals surface area contributed by atoms with Crippen molar-refractivity contribution < 1.29 is 4.79 Å². The molecule has 0 aliphatic carbocycles. The van der Waals surface area contributed by atoms with Crippen LogP contribution in [-0.4, -0.2) is 39.1 Å². The summed E-state index contributed by atoms with van der Waals surface area (Å²) in [6, 6.07) is 2.02. The zero-order valence-electron chi connectivity index (χ0n) is 15.3. The first kappa shape index (κ1) is 17.2. The maximum absolute atomic E-state index is 13.1. The number of halogens is 1. The maximum Gasteiger partial charge on any atom is 0.228 e. The minimum absolute atomic E-state index is 0.00894. The molecule has 4 rings (SSSR count). The third-order valence-electron chi connectivity index (χ3n) is 5.42. The van der Waals surface area contributed by atoms with Gasteiger partial charge >= 0.3 is 0 Å². The lowest BCUT2D eigenvalue weighted by Crippen LogP contribution is -2.34. The summed E-state index contributed by atoms with van der Waals surface area (Å²) < 4.78 is 0. The first-order chi connectivity index (χ1) is 12.4. The van der Waals surface area contributed by atoms with Crippen molar-refractivity contribution in [1.82, 2.24) is 20.1 Å². The molecule has 7 heteroatoms. The molecule has 1 saturated heterocycles. The number of fused-ring (bicyclic) bond motifs is 1. The van der Waals surface area contributed by atoms with Crippen LogP contribution < -0.4 is 4.90 Å². The number of hydrogen-bond acceptors (Lipinski definition) is 5. The smallest absolute Gasteiger partial charge is 0.228 e. The van der Waals surface area contributed by atoms with E-state index in [2.05, 4.69) is 20.1 Å². The van der Waals surface area contributed by atoms with E-state index >= 15 is 0 Å². The summed E-state index contributed by atoms with van der Waals surface area (Å²) in [6.45, 7) is 8.64. The van der Waals surface area contributed by atoms with Crippen molar-refractivity contribution in [3.05, 3.63) is 45.5 Å². The molecular weight excluding hydrogens is 350 g/mol.